The normalized spacial score (nSPS) is 20.1. The number of nitrogens with zero attached hydrogens (tertiary/aromatic N) is 2. The molecule has 0 bridgehead atoms. The lowest BCUT2D eigenvalue weighted by Crippen LogP contribution is -2.17. The molecule has 0 unspecified atom stereocenters. The number of aromatic nitrogens is 2. The fourth-order valence-electron chi connectivity index (χ4n) is 2.38. The lowest BCUT2D eigenvalue weighted by molar-refractivity contribution is -0.117. The fourth-order valence-corrected chi connectivity index (χ4v) is 2.68. The Hall–Kier alpha value is -2.01. The van der Waals surface area contributed by atoms with E-state index in [0.29, 0.717) is 17.0 Å². The van der Waals surface area contributed by atoms with Crippen LogP contribution in [0.25, 0.3) is 0 Å². The zero-order valence-corrected chi connectivity index (χ0v) is 12.1. The Morgan fingerprint density at radius 1 is 1.43 bits per heavy atom. The SMILES string of the molecule is Cc1ccnc(NC(=O)[C@H]2C[C@H]2c2c(F)cccc2Cl)n1. The average molecular weight is 306 g/mol. The van der Waals surface area contributed by atoms with Crippen LogP contribution in [0.5, 0.6) is 0 Å². The molecule has 2 atom stereocenters. The highest BCUT2D eigenvalue weighted by molar-refractivity contribution is 6.31. The standard InChI is InChI=1S/C15H13ClFN3O/c1-8-5-6-18-15(19-8)20-14(21)10-7-9(10)13-11(16)3-2-4-12(13)17/h2-6,9-10H,7H2,1H3,(H,18,19,20,21)/t9-,10+/m1/s1. The van der Waals surface area contributed by atoms with Gasteiger partial charge in [0, 0.05) is 34.3 Å². The zero-order chi connectivity index (χ0) is 15.0. The maximum Gasteiger partial charge on any atom is 0.230 e. The first-order valence-electron chi connectivity index (χ1n) is 6.60. The maximum absolute atomic E-state index is 13.8. The number of carbonyl (C=O) groups excluding carboxylic acids is 1. The third-order valence-corrected chi connectivity index (χ3v) is 3.86. The second kappa shape index (κ2) is 5.41. The number of nitrogens with one attached hydrogen (secondary N) is 1. The topological polar surface area (TPSA) is 54.9 Å². The summed E-state index contributed by atoms with van der Waals surface area (Å²) in [5, 5.41) is 3.02. The van der Waals surface area contributed by atoms with E-state index in [1.807, 2.05) is 6.92 Å². The van der Waals surface area contributed by atoms with Gasteiger partial charge in [0.2, 0.25) is 11.9 Å². The fraction of sp³-hybridized carbons (Fsp3) is 0.267. The van der Waals surface area contributed by atoms with E-state index in [0.717, 1.165) is 5.69 Å². The van der Waals surface area contributed by atoms with Crippen LogP contribution in [0.1, 0.15) is 23.6 Å². The van der Waals surface area contributed by atoms with E-state index in [1.54, 1.807) is 24.4 Å². The predicted octanol–water partition coefficient (Wildman–Crippen LogP) is 3.32. The predicted molar refractivity (Wildman–Crippen MR) is 77.7 cm³/mol. The molecule has 2 aromatic rings. The van der Waals surface area contributed by atoms with Gasteiger partial charge in [-0.15, -0.1) is 0 Å². The smallest absolute Gasteiger partial charge is 0.230 e. The second-order valence-corrected chi connectivity index (χ2v) is 5.50. The monoisotopic (exact) mass is 305 g/mol. The van der Waals surface area contributed by atoms with E-state index in [4.69, 9.17) is 11.6 Å². The molecule has 1 fully saturated rings. The lowest BCUT2D eigenvalue weighted by Gasteiger charge is -2.06. The van der Waals surface area contributed by atoms with Crippen LogP contribution in [-0.4, -0.2) is 15.9 Å². The number of amides is 1. The van der Waals surface area contributed by atoms with Gasteiger partial charge < -0.3 is 0 Å². The molecule has 1 amide bonds. The van der Waals surface area contributed by atoms with Crippen LogP contribution < -0.4 is 5.32 Å². The summed E-state index contributed by atoms with van der Waals surface area (Å²) in [7, 11) is 0. The second-order valence-electron chi connectivity index (χ2n) is 5.09. The molecule has 1 aromatic heterocycles. The Labute approximate surface area is 126 Å². The Morgan fingerprint density at radius 3 is 2.95 bits per heavy atom. The molecule has 1 aliphatic rings. The first-order chi connectivity index (χ1) is 10.1. The summed E-state index contributed by atoms with van der Waals surface area (Å²) in [4.78, 5) is 20.2. The van der Waals surface area contributed by atoms with Gasteiger partial charge in [-0.3, -0.25) is 10.1 Å². The molecule has 6 heteroatoms. The van der Waals surface area contributed by atoms with Crippen molar-refractivity contribution in [3.8, 4) is 0 Å². The molecule has 1 saturated carbocycles. The number of halogens is 2. The van der Waals surface area contributed by atoms with Crippen LogP contribution in [0.15, 0.2) is 30.5 Å². The minimum atomic E-state index is -0.366. The highest BCUT2D eigenvalue weighted by Crippen LogP contribution is 2.50. The maximum atomic E-state index is 13.8. The summed E-state index contributed by atoms with van der Waals surface area (Å²) in [6.45, 7) is 1.82. The Bertz CT molecular complexity index is 687. The van der Waals surface area contributed by atoms with E-state index >= 15 is 0 Å². The molecule has 0 saturated heterocycles. The molecule has 108 valence electrons. The van der Waals surface area contributed by atoms with Gasteiger partial charge in [0.05, 0.1) is 0 Å². The van der Waals surface area contributed by atoms with Crippen LogP contribution in [0.4, 0.5) is 10.3 Å². The van der Waals surface area contributed by atoms with Crippen molar-refractivity contribution in [3.63, 3.8) is 0 Å². The van der Waals surface area contributed by atoms with E-state index in [2.05, 4.69) is 15.3 Å². The first kappa shape index (κ1) is 13.9. The number of carbonyl (C=O) groups is 1. The molecular formula is C15H13ClFN3O. The van der Waals surface area contributed by atoms with Gasteiger partial charge in [-0.25, -0.2) is 14.4 Å². The van der Waals surface area contributed by atoms with Crippen molar-refractivity contribution in [1.29, 1.82) is 0 Å². The number of benzene rings is 1. The van der Waals surface area contributed by atoms with Gasteiger partial charge in [0.1, 0.15) is 5.82 Å². The van der Waals surface area contributed by atoms with Crippen LogP contribution in [0.2, 0.25) is 5.02 Å². The van der Waals surface area contributed by atoms with Gasteiger partial charge in [-0.05, 0) is 31.5 Å². The van der Waals surface area contributed by atoms with Gasteiger partial charge in [0.15, 0.2) is 0 Å². The van der Waals surface area contributed by atoms with E-state index in [-0.39, 0.29) is 29.5 Å². The minimum absolute atomic E-state index is 0.177. The summed E-state index contributed by atoms with van der Waals surface area (Å²) in [6, 6.07) is 6.29. The van der Waals surface area contributed by atoms with E-state index in [9.17, 15) is 9.18 Å². The summed E-state index contributed by atoms with van der Waals surface area (Å²) >= 11 is 6.02. The van der Waals surface area contributed by atoms with Crippen LogP contribution in [0, 0.1) is 18.7 Å². The Morgan fingerprint density at radius 2 is 2.24 bits per heavy atom. The lowest BCUT2D eigenvalue weighted by atomic mass is 10.1. The van der Waals surface area contributed by atoms with E-state index in [1.165, 1.54) is 6.07 Å². The Balaban J connectivity index is 1.72. The van der Waals surface area contributed by atoms with Gasteiger partial charge in [0.25, 0.3) is 0 Å². The molecule has 21 heavy (non-hydrogen) atoms. The number of aryl methyl sites for hydroxylation is 1. The number of anilines is 1. The highest BCUT2D eigenvalue weighted by atomic mass is 35.5. The van der Waals surface area contributed by atoms with Crippen molar-refractivity contribution in [2.45, 2.75) is 19.3 Å². The van der Waals surface area contributed by atoms with Crippen LogP contribution in [-0.2, 0) is 4.79 Å². The molecule has 1 N–H and O–H groups in total. The zero-order valence-electron chi connectivity index (χ0n) is 11.3. The van der Waals surface area contributed by atoms with Crippen LogP contribution >= 0.6 is 11.6 Å². The molecule has 1 aliphatic carbocycles. The molecule has 1 heterocycles. The number of rotatable bonds is 3. The molecular weight excluding hydrogens is 293 g/mol. The van der Waals surface area contributed by atoms with Gasteiger partial charge >= 0.3 is 0 Å². The Kier molecular flexibility index (Phi) is 3.59. The summed E-state index contributed by atoms with van der Waals surface area (Å²) in [6.07, 6.45) is 2.16. The molecule has 4 nitrogen and oxygen atoms in total. The minimum Gasteiger partial charge on any atom is -0.294 e. The largest absolute Gasteiger partial charge is 0.294 e. The molecule has 0 radical (unpaired) electrons. The van der Waals surface area contributed by atoms with Crippen molar-refractivity contribution in [1.82, 2.24) is 9.97 Å². The van der Waals surface area contributed by atoms with Crippen molar-refractivity contribution in [3.05, 3.63) is 52.6 Å². The van der Waals surface area contributed by atoms with E-state index < -0.39 is 0 Å². The molecule has 0 aliphatic heterocycles. The summed E-state index contributed by atoms with van der Waals surface area (Å²) < 4.78 is 13.8. The molecule has 1 aromatic carbocycles. The molecule has 3 rings (SSSR count). The average Bonchev–Trinajstić information content (AvgIpc) is 3.19. The highest BCUT2D eigenvalue weighted by Gasteiger charge is 2.46. The van der Waals surface area contributed by atoms with Crippen molar-refractivity contribution < 1.29 is 9.18 Å². The van der Waals surface area contributed by atoms with Gasteiger partial charge in [-0.1, -0.05) is 17.7 Å². The van der Waals surface area contributed by atoms with Crippen LogP contribution in [0.3, 0.4) is 0 Å². The number of hydrogen-bond acceptors (Lipinski definition) is 3. The quantitative estimate of drug-likeness (QED) is 0.946. The third kappa shape index (κ3) is 2.88. The van der Waals surface area contributed by atoms with Crippen molar-refractivity contribution in [2.75, 3.05) is 5.32 Å². The van der Waals surface area contributed by atoms with Gasteiger partial charge in [-0.2, -0.15) is 0 Å². The third-order valence-electron chi connectivity index (χ3n) is 3.53. The van der Waals surface area contributed by atoms with Crippen molar-refractivity contribution >= 4 is 23.5 Å². The van der Waals surface area contributed by atoms with Crippen molar-refractivity contribution in [2.24, 2.45) is 5.92 Å². The summed E-state index contributed by atoms with van der Waals surface area (Å²) in [5.41, 5.74) is 1.19. The first-order valence-corrected chi connectivity index (χ1v) is 6.98. The molecule has 0 spiro atoms. The summed E-state index contributed by atoms with van der Waals surface area (Å²) in [5.74, 6) is -0.767. The number of hydrogen-bond donors (Lipinski definition) is 1.